The summed E-state index contributed by atoms with van der Waals surface area (Å²) in [6.07, 6.45) is 2.09. The minimum absolute atomic E-state index is 0.0411. The van der Waals surface area contributed by atoms with Crippen LogP contribution in [0.4, 0.5) is 0 Å². The molecule has 1 saturated heterocycles. The lowest BCUT2D eigenvalue weighted by Gasteiger charge is -2.37. The predicted molar refractivity (Wildman–Crippen MR) is 149 cm³/mol. The van der Waals surface area contributed by atoms with E-state index >= 15 is 0 Å². The molecular formula is C30H41N3O6. The summed E-state index contributed by atoms with van der Waals surface area (Å²) in [5.41, 5.74) is 0.436. The zero-order valence-electron chi connectivity index (χ0n) is 23.0. The average Bonchev–Trinajstić information content (AvgIpc) is 3.25. The van der Waals surface area contributed by atoms with Crippen molar-refractivity contribution in [2.75, 3.05) is 6.54 Å². The first kappa shape index (κ1) is 30.2. The fourth-order valence-electron chi connectivity index (χ4n) is 5.57. The third kappa shape index (κ3) is 7.64. The summed E-state index contributed by atoms with van der Waals surface area (Å²) in [7, 11) is 0. The first-order valence-electron chi connectivity index (χ1n) is 13.8. The van der Waals surface area contributed by atoms with E-state index in [1.165, 1.54) is 0 Å². The number of benzene rings is 2. The molecule has 6 atom stereocenters. The topological polar surface area (TPSA) is 131 Å². The number of amides is 1. The van der Waals surface area contributed by atoms with Crippen LogP contribution in [0.25, 0.3) is 0 Å². The van der Waals surface area contributed by atoms with Crippen molar-refractivity contribution < 1.29 is 24.4 Å². The number of rotatable bonds is 15. The van der Waals surface area contributed by atoms with Gasteiger partial charge >= 0.3 is 5.97 Å². The van der Waals surface area contributed by atoms with Crippen molar-refractivity contribution in [1.29, 1.82) is 0 Å². The number of aliphatic carboxylic acids is 1. The number of hydrogen-bond donors (Lipinski definition) is 3. The van der Waals surface area contributed by atoms with E-state index in [9.17, 15) is 19.7 Å². The molecule has 3 rings (SSSR count). The molecule has 1 aliphatic rings. The van der Waals surface area contributed by atoms with E-state index in [1.807, 2.05) is 74.5 Å². The highest BCUT2D eigenvalue weighted by molar-refractivity contribution is 5.87. The Balaban J connectivity index is 1.92. The molecule has 2 aromatic rings. The minimum Gasteiger partial charge on any atom is -0.481 e. The van der Waals surface area contributed by atoms with Gasteiger partial charge in [0, 0.05) is 17.9 Å². The largest absolute Gasteiger partial charge is 0.481 e. The molecule has 0 radical (unpaired) electrons. The van der Waals surface area contributed by atoms with E-state index in [-0.39, 0.29) is 29.8 Å². The first-order chi connectivity index (χ1) is 18.7. The van der Waals surface area contributed by atoms with Crippen molar-refractivity contribution in [3.63, 3.8) is 0 Å². The molecular weight excluding hydrogens is 498 g/mol. The molecule has 9 heteroatoms. The molecule has 39 heavy (non-hydrogen) atoms. The van der Waals surface area contributed by atoms with Gasteiger partial charge in [0.1, 0.15) is 11.6 Å². The number of nitrogens with zero attached hydrogens (tertiary/aromatic N) is 1. The molecule has 0 aromatic heterocycles. The maximum Gasteiger partial charge on any atom is 0.303 e. The van der Waals surface area contributed by atoms with Gasteiger partial charge in [0.05, 0.1) is 18.6 Å². The normalized spacial score (nSPS) is 24.1. The van der Waals surface area contributed by atoms with Crippen molar-refractivity contribution in [2.45, 2.75) is 83.2 Å². The number of carboxylic acids is 1. The zero-order chi connectivity index (χ0) is 28.4. The molecule has 1 amide bonds. The SMILES string of the molecule is CC[C@H](C)C(OCc1ccccc1)C1C([N+](=O)[O-])C(c2ccccc2)NC1(C)C(=O)NCCCCCC(=O)O. The standard InChI is InChI=1S/C30H41N3O6/c1-4-21(2)28(39-20-22-14-8-5-9-15-22)25-27(33(37)38)26(23-16-10-6-11-17-23)32-30(25,3)29(36)31-19-13-7-12-18-24(34)35/h5-6,8-11,14-17,21,25-28,32H,4,7,12-13,18-20H2,1-3H3,(H,31,36)(H,34,35)/t21-,25?,26?,27?,28?,30?/m0/s1. The number of nitro groups is 1. The Morgan fingerprint density at radius 3 is 2.33 bits per heavy atom. The van der Waals surface area contributed by atoms with E-state index in [0.717, 1.165) is 17.5 Å². The van der Waals surface area contributed by atoms with Gasteiger partial charge in [0.25, 0.3) is 0 Å². The minimum atomic E-state index is -1.27. The Bertz CT molecular complexity index is 1080. The van der Waals surface area contributed by atoms with Gasteiger partial charge in [-0.05, 0) is 36.8 Å². The van der Waals surface area contributed by atoms with Crippen molar-refractivity contribution in [3.05, 3.63) is 81.9 Å². The fourth-order valence-corrected chi connectivity index (χ4v) is 5.57. The van der Waals surface area contributed by atoms with Gasteiger partial charge in [0.15, 0.2) is 0 Å². The highest BCUT2D eigenvalue weighted by atomic mass is 16.6. The van der Waals surface area contributed by atoms with Crippen LogP contribution >= 0.6 is 0 Å². The molecule has 0 saturated carbocycles. The van der Waals surface area contributed by atoms with Crippen LogP contribution in [-0.4, -0.2) is 46.1 Å². The van der Waals surface area contributed by atoms with Crippen LogP contribution in [0.5, 0.6) is 0 Å². The Labute approximate surface area is 230 Å². The van der Waals surface area contributed by atoms with Crippen LogP contribution in [-0.2, 0) is 20.9 Å². The summed E-state index contributed by atoms with van der Waals surface area (Å²) in [4.78, 5) is 37.0. The van der Waals surface area contributed by atoms with E-state index in [0.29, 0.717) is 25.8 Å². The lowest BCUT2D eigenvalue weighted by Crippen LogP contribution is -2.60. The van der Waals surface area contributed by atoms with Gasteiger partial charge in [-0.15, -0.1) is 0 Å². The molecule has 9 nitrogen and oxygen atoms in total. The summed E-state index contributed by atoms with van der Waals surface area (Å²) in [5.74, 6) is -1.94. The summed E-state index contributed by atoms with van der Waals surface area (Å²) in [6.45, 7) is 6.44. The van der Waals surface area contributed by atoms with E-state index < -0.39 is 35.6 Å². The summed E-state index contributed by atoms with van der Waals surface area (Å²) in [6, 6.07) is 17.1. The smallest absolute Gasteiger partial charge is 0.303 e. The second-order valence-electron chi connectivity index (χ2n) is 10.6. The Hall–Kier alpha value is -3.30. The van der Waals surface area contributed by atoms with E-state index in [2.05, 4.69) is 10.6 Å². The number of carbonyl (C=O) groups is 2. The third-order valence-electron chi connectivity index (χ3n) is 7.90. The number of carboxylic acid groups (broad SMARTS) is 1. The Kier molecular flexibility index (Phi) is 11.0. The zero-order valence-corrected chi connectivity index (χ0v) is 23.0. The molecule has 1 heterocycles. The monoisotopic (exact) mass is 539 g/mol. The fraction of sp³-hybridized carbons (Fsp3) is 0.533. The van der Waals surface area contributed by atoms with E-state index in [4.69, 9.17) is 9.84 Å². The van der Waals surface area contributed by atoms with E-state index in [1.54, 1.807) is 6.92 Å². The van der Waals surface area contributed by atoms with Gasteiger partial charge in [-0.1, -0.05) is 87.4 Å². The van der Waals surface area contributed by atoms with Gasteiger partial charge in [-0.25, -0.2) is 0 Å². The van der Waals surface area contributed by atoms with Gasteiger partial charge in [-0.2, -0.15) is 0 Å². The Morgan fingerprint density at radius 1 is 1.10 bits per heavy atom. The maximum atomic E-state index is 13.8. The molecule has 0 aliphatic carbocycles. The second-order valence-corrected chi connectivity index (χ2v) is 10.6. The quantitative estimate of drug-likeness (QED) is 0.169. The van der Waals surface area contributed by atoms with Crippen molar-refractivity contribution in [1.82, 2.24) is 10.6 Å². The van der Waals surface area contributed by atoms with Gasteiger partial charge in [0.2, 0.25) is 11.9 Å². The van der Waals surface area contributed by atoms with Crippen LogP contribution in [0.1, 0.15) is 70.0 Å². The van der Waals surface area contributed by atoms with Crippen molar-refractivity contribution in [2.24, 2.45) is 11.8 Å². The predicted octanol–water partition coefficient (Wildman–Crippen LogP) is 4.74. The lowest BCUT2D eigenvalue weighted by atomic mass is 9.74. The molecule has 2 aromatic carbocycles. The number of nitrogens with one attached hydrogen (secondary N) is 2. The van der Waals surface area contributed by atoms with Crippen LogP contribution in [0, 0.1) is 22.0 Å². The number of carbonyl (C=O) groups excluding carboxylic acids is 1. The number of hydrogen-bond acceptors (Lipinski definition) is 6. The average molecular weight is 540 g/mol. The van der Waals surface area contributed by atoms with Crippen molar-refractivity contribution >= 4 is 11.9 Å². The summed E-state index contributed by atoms with van der Waals surface area (Å²) >= 11 is 0. The molecule has 212 valence electrons. The summed E-state index contributed by atoms with van der Waals surface area (Å²) < 4.78 is 6.47. The first-order valence-corrected chi connectivity index (χ1v) is 13.8. The summed E-state index contributed by atoms with van der Waals surface area (Å²) in [5, 5.41) is 27.9. The highest BCUT2D eigenvalue weighted by Gasteiger charge is 2.64. The molecule has 0 bridgehead atoms. The number of unbranched alkanes of at least 4 members (excludes halogenated alkanes) is 2. The van der Waals surface area contributed by atoms with Crippen LogP contribution in [0.3, 0.4) is 0 Å². The third-order valence-corrected chi connectivity index (χ3v) is 7.90. The highest BCUT2D eigenvalue weighted by Crippen LogP contribution is 2.45. The molecule has 1 fully saturated rings. The Morgan fingerprint density at radius 2 is 1.74 bits per heavy atom. The maximum absolute atomic E-state index is 13.8. The van der Waals surface area contributed by atoms with Gasteiger partial charge in [-0.3, -0.25) is 25.0 Å². The van der Waals surface area contributed by atoms with Crippen LogP contribution < -0.4 is 10.6 Å². The van der Waals surface area contributed by atoms with Crippen molar-refractivity contribution in [3.8, 4) is 0 Å². The molecule has 1 aliphatic heterocycles. The lowest BCUT2D eigenvalue weighted by molar-refractivity contribution is -0.536. The van der Waals surface area contributed by atoms with Gasteiger partial charge < -0.3 is 15.2 Å². The van der Waals surface area contributed by atoms with Crippen LogP contribution in [0.2, 0.25) is 0 Å². The van der Waals surface area contributed by atoms with Crippen LogP contribution in [0.15, 0.2) is 60.7 Å². The second kappa shape index (κ2) is 14.2. The molecule has 3 N–H and O–H groups in total. The number of ether oxygens (including phenoxy) is 1. The molecule has 0 spiro atoms. The molecule has 5 unspecified atom stereocenters.